The second-order valence-electron chi connectivity index (χ2n) is 5.47. The van der Waals surface area contributed by atoms with Crippen LogP contribution < -0.4 is 10.6 Å². The molecule has 1 unspecified atom stereocenters. The van der Waals surface area contributed by atoms with Gasteiger partial charge in [0.15, 0.2) is 11.8 Å². The number of nitrogens with one attached hydrogen (secondary N) is 2. The Morgan fingerprint density at radius 1 is 1.33 bits per heavy atom. The minimum atomic E-state index is -1.15. The summed E-state index contributed by atoms with van der Waals surface area (Å²) in [6.07, 6.45) is 0. The van der Waals surface area contributed by atoms with Gasteiger partial charge in [-0.3, -0.25) is 0 Å². The Hall–Kier alpha value is -1.62. The van der Waals surface area contributed by atoms with Crippen molar-refractivity contribution in [2.75, 3.05) is 13.1 Å². The Kier molecular flexibility index (Phi) is 7.67. The summed E-state index contributed by atoms with van der Waals surface area (Å²) in [7, 11) is 0. The molecule has 134 valence electrons. The molecule has 1 atom stereocenters. The van der Waals surface area contributed by atoms with Crippen molar-refractivity contribution in [3.05, 3.63) is 35.4 Å². The van der Waals surface area contributed by atoms with Gasteiger partial charge in [0, 0.05) is 6.54 Å². The van der Waals surface area contributed by atoms with Gasteiger partial charge in [0.1, 0.15) is 23.7 Å². The maximum atomic E-state index is 10.5. The quantitative estimate of drug-likeness (QED) is 0.351. The van der Waals surface area contributed by atoms with E-state index >= 15 is 0 Å². The van der Waals surface area contributed by atoms with E-state index in [1.54, 1.807) is 19.9 Å². The van der Waals surface area contributed by atoms with Crippen LogP contribution in [0.15, 0.2) is 26.1 Å². The topological polar surface area (TPSA) is 109 Å². The highest BCUT2D eigenvalue weighted by atomic mass is 127. The Labute approximate surface area is 158 Å². The largest absolute Gasteiger partial charge is 0.463 e. The molecule has 2 aromatic heterocycles. The first-order valence-corrected chi connectivity index (χ1v) is 7.51. The maximum Gasteiger partial charge on any atom is 0.248 e. The predicted molar refractivity (Wildman–Crippen MR) is 100 cm³/mol. The van der Waals surface area contributed by atoms with Crippen molar-refractivity contribution in [3.63, 3.8) is 0 Å². The number of rotatable bonds is 6. The molecule has 0 aliphatic rings. The van der Waals surface area contributed by atoms with Gasteiger partial charge in [-0.1, -0.05) is 5.16 Å². The van der Waals surface area contributed by atoms with Gasteiger partial charge in [0.25, 0.3) is 0 Å². The molecule has 0 saturated heterocycles. The fourth-order valence-electron chi connectivity index (χ4n) is 1.96. The van der Waals surface area contributed by atoms with E-state index < -0.39 is 5.60 Å². The number of aromatic nitrogens is 2. The summed E-state index contributed by atoms with van der Waals surface area (Å²) in [6.45, 7) is 8.43. The van der Waals surface area contributed by atoms with Gasteiger partial charge in [-0.05, 0) is 39.8 Å². The van der Waals surface area contributed by atoms with Crippen LogP contribution in [0.3, 0.4) is 0 Å². The van der Waals surface area contributed by atoms with Crippen LogP contribution in [0.2, 0.25) is 0 Å². The highest BCUT2D eigenvalue weighted by molar-refractivity contribution is 14.0. The number of aliphatic hydroxyl groups is 1. The monoisotopic (exact) mass is 449 g/mol. The molecular formula is C15H24IN5O3. The van der Waals surface area contributed by atoms with Crippen LogP contribution in [0.1, 0.15) is 37.1 Å². The van der Waals surface area contributed by atoms with Gasteiger partial charge in [-0.15, -0.1) is 24.0 Å². The summed E-state index contributed by atoms with van der Waals surface area (Å²) >= 11 is 0. The molecular weight excluding hydrogens is 425 g/mol. The molecule has 3 N–H and O–H groups in total. The predicted octanol–water partition coefficient (Wildman–Crippen LogP) is 1.86. The van der Waals surface area contributed by atoms with Crippen LogP contribution in [0, 0.1) is 13.8 Å². The molecule has 0 aliphatic heterocycles. The van der Waals surface area contributed by atoms with E-state index in [0.29, 0.717) is 30.0 Å². The van der Waals surface area contributed by atoms with Gasteiger partial charge >= 0.3 is 0 Å². The lowest BCUT2D eigenvalue weighted by Crippen LogP contribution is -2.44. The molecule has 0 radical (unpaired) electrons. The third-order valence-electron chi connectivity index (χ3n) is 3.16. The molecule has 0 amide bonds. The summed E-state index contributed by atoms with van der Waals surface area (Å²) < 4.78 is 10.5. The Balaban J connectivity index is 0.00000288. The number of halogens is 1. The highest BCUT2D eigenvalue weighted by Gasteiger charge is 2.27. The molecule has 2 heterocycles. The number of aliphatic imine (C=N–C) groups is 1. The Morgan fingerprint density at radius 2 is 2.08 bits per heavy atom. The number of nitrogens with zero attached hydrogens (tertiary/aromatic N) is 3. The van der Waals surface area contributed by atoms with Gasteiger partial charge in [-0.25, -0.2) is 4.99 Å². The van der Waals surface area contributed by atoms with E-state index in [4.69, 9.17) is 8.94 Å². The smallest absolute Gasteiger partial charge is 0.248 e. The van der Waals surface area contributed by atoms with Crippen LogP contribution in [0.5, 0.6) is 0 Å². The van der Waals surface area contributed by atoms with Crippen LogP contribution in [-0.4, -0.2) is 34.3 Å². The fourth-order valence-corrected chi connectivity index (χ4v) is 1.96. The first-order chi connectivity index (χ1) is 10.9. The minimum absolute atomic E-state index is 0. The molecule has 0 bridgehead atoms. The zero-order valence-electron chi connectivity index (χ0n) is 14.3. The van der Waals surface area contributed by atoms with E-state index in [1.165, 1.54) is 0 Å². The molecule has 24 heavy (non-hydrogen) atoms. The zero-order chi connectivity index (χ0) is 16.9. The molecule has 8 nitrogen and oxygen atoms in total. The lowest BCUT2D eigenvalue weighted by Gasteiger charge is -2.22. The second kappa shape index (κ2) is 9.02. The molecule has 0 aromatic carbocycles. The van der Waals surface area contributed by atoms with Crippen LogP contribution in [0.4, 0.5) is 0 Å². The molecule has 0 fully saturated rings. The number of hydrogen-bond donors (Lipinski definition) is 3. The summed E-state index contributed by atoms with van der Waals surface area (Å²) in [6, 6.07) is 3.59. The van der Waals surface area contributed by atoms with Crippen LogP contribution >= 0.6 is 24.0 Å². The van der Waals surface area contributed by atoms with Crippen molar-refractivity contribution >= 4 is 29.9 Å². The van der Waals surface area contributed by atoms with E-state index in [-0.39, 0.29) is 37.1 Å². The van der Waals surface area contributed by atoms with Crippen LogP contribution in [-0.2, 0) is 12.1 Å². The Bertz CT molecular complexity index is 666. The second-order valence-corrected chi connectivity index (χ2v) is 5.47. The summed E-state index contributed by atoms with van der Waals surface area (Å²) in [5, 5.41) is 20.4. The lowest BCUT2D eigenvalue weighted by molar-refractivity contribution is 0.0378. The van der Waals surface area contributed by atoms with E-state index in [9.17, 15) is 5.11 Å². The average Bonchev–Trinajstić information content (AvgIpc) is 3.11. The van der Waals surface area contributed by atoms with E-state index in [2.05, 4.69) is 25.8 Å². The SMILES string of the molecule is CCNC(=NCc1nc(C)no1)NCC(C)(O)c1ccc(C)o1.I. The molecule has 0 spiro atoms. The zero-order valence-corrected chi connectivity index (χ0v) is 16.6. The number of furan rings is 1. The number of guanidine groups is 1. The van der Waals surface area contributed by atoms with Gasteiger partial charge < -0.3 is 24.7 Å². The van der Waals surface area contributed by atoms with Crippen molar-refractivity contribution in [3.8, 4) is 0 Å². The molecule has 2 rings (SSSR count). The molecule has 0 saturated carbocycles. The van der Waals surface area contributed by atoms with Crippen LogP contribution in [0.25, 0.3) is 0 Å². The standard InChI is InChI=1S/C15H23N5O3.HI/c1-5-16-14(17-8-13-19-11(3)20-23-13)18-9-15(4,21)12-7-6-10(2)22-12;/h6-7,21H,5,8-9H2,1-4H3,(H2,16,17,18);1H. The number of hydrogen-bond acceptors (Lipinski definition) is 6. The summed E-state index contributed by atoms with van der Waals surface area (Å²) in [5.74, 6) is 2.82. The molecule has 0 aliphatic carbocycles. The normalized spacial score (nSPS) is 14.0. The lowest BCUT2D eigenvalue weighted by atomic mass is 10.0. The van der Waals surface area contributed by atoms with Crippen molar-refractivity contribution in [2.24, 2.45) is 4.99 Å². The highest BCUT2D eigenvalue weighted by Crippen LogP contribution is 2.21. The average molecular weight is 449 g/mol. The number of aryl methyl sites for hydroxylation is 2. The Morgan fingerprint density at radius 3 is 2.62 bits per heavy atom. The molecule has 9 heteroatoms. The summed E-state index contributed by atoms with van der Waals surface area (Å²) in [5.41, 5.74) is -1.15. The first-order valence-electron chi connectivity index (χ1n) is 7.51. The van der Waals surface area contributed by atoms with Crippen molar-refractivity contribution in [2.45, 2.75) is 39.8 Å². The van der Waals surface area contributed by atoms with E-state index in [1.807, 2.05) is 19.9 Å². The van der Waals surface area contributed by atoms with Gasteiger partial charge in [0.05, 0.1) is 6.54 Å². The van der Waals surface area contributed by atoms with Gasteiger partial charge in [0.2, 0.25) is 5.89 Å². The fraction of sp³-hybridized carbons (Fsp3) is 0.533. The van der Waals surface area contributed by atoms with Gasteiger partial charge in [-0.2, -0.15) is 4.98 Å². The van der Waals surface area contributed by atoms with Crippen molar-refractivity contribution in [1.29, 1.82) is 0 Å². The maximum absolute atomic E-state index is 10.5. The summed E-state index contributed by atoms with van der Waals surface area (Å²) in [4.78, 5) is 8.45. The van der Waals surface area contributed by atoms with Crippen molar-refractivity contribution < 1.29 is 14.0 Å². The van der Waals surface area contributed by atoms with Crippen molar-refractivity contribution in [1.82, 2.24) is 20.8 Å². The van der Waals surface area contributed by atoms with E-state index in [0.717, 1.165) is 5.76 Å². The minimum Gasteiger partial charge on any atom is -0.463 e. The molecule has 2 aromatic rings. The third-order valence-corrected chi connectivity index (χ3v) is 3.16. The first kappa shape index (κ1) is 20.4. The third kappa shape index (κ3) is 5.78.